The maximum absolute atomic E-state index is 12.3. The first-order chi connectivity index (χ1) is 14.1. The van der Waals surface area contributed by atoms with Gasteiger partial charge in [-0.1, -0.05) is 60.6 Å². The molecule has 1 N–H and O–H groups in total. The number of nitrogens with zero attached hydrogens (tertiary/aromatic N) is 3. The van der Waals surface area contributed by atoms with E-state index < -0.39 is 0 Å². The Labute approximate surface area is 179 Å². The van der Waals surface area contributed by atoms with Crippen LogP contribution in [0.2, 0.25) is 5.02 Å². The Hall–Kier alpha value is -2.51. The van der Waals surface area contributed by atoms with Gasteiger partial charge in [0.25, 0.3) is 0 Å². The van der Waals surface area contributed by atoms with Gasteiger partial charge in [0.2, 0.25) is 5.91 Å². The Morgan fingerprint density at radius 1 is 1.17 bits per heavy atom. The molecule has 0 aliphatic carbocycles. The van der Waals surface area contributed by atoms with Crippen molar-refractivity contribution < 1.29 is 9.53 Å². The van der Waals surface area contributed by atoms with Gasteiger partial charge in [0.15, 0.2) is 11.0 Å². The first kappa shape index (κ1) is 21.2. The third-order valence-electron chi connectivity index (χ3n) is 4.11. The van der Waals surface area contributed by atoms with E-state index in [0.29, 0.717) is 28.3 Å². The number of hydrogen-bond acceptors (Lipinski definition) is 5. The van der Waals surface area contributed by atoms with Crippen LogP contribution in [0.4, 0.5) is 0 Å². The molecule has 0 aliphatic heterocycles. The molecule has 0 radical (unpaired) electrons. The molecule has 1 heterocycles. The molecule has 0 bridgehead atoms. The van der Waals surface area contributed by atoms with E-state index in [1.54, 1.807) is 12.1 Å². The molecular weight excluding hydrogens is 408 g/mol. The van der Waals surface area contributed by atoms with Crippen molar-refractivity contribution in [2.75, 3.05) is 6.54 Å². The molecule has 0 aliphatic rings. The van der Waals surface area contributed by atoms with Crippen LogP contribution in [0.5, 0.6) is 5.75 Å². The summed E-state index contributed by atoms with van der Waals surface area (Å²) in [6.07, 6.45) is 0.896. The molecule has 152 valence electrons. The number of nitrogens with one attached hydrogen (secondary N) is 1. The highest BCUT2D eigenvalue weighted by atomic mass is 35.5. The van der Waals surface area contributed by atoms with E-state index in [2.05, 4.69) is 15.5 Å². The van der Waals surface area contributed by atoms with Gasteiger partial charge < -0.3 is 10.1 Å². The Bertz CT molecular complexity index is 949. The highest BCUT2D eigenvalue weighted by Crippen LogP contribution is 2.28. The number of amides is 1. The zero-order valence-electron chi connectivity index (χ0n) is 16.3. The largest absolute Gasteiger partial charge is 0.484 e. The Morgan fingerprint density at radius 2 is 1.90 bits per heavy atom. The standard InChI is InChI=1S/C21H23ClN4O2S/c1-3-13-23-20(27)15(2)29-21-25-24-19(26(21)16-9-5-4-6-10-16)14-28-18-12-8-7-11-17(18)22/h4-12,15H,3,13-14H2,1-2H3,(H,23,27). The van der Waals surface area contributed by atoms with Crippen molar-refractivity contribution in [3.63, 3.8) is 0 Å². The smallest absolute Gasteiger partial charge is 0.233 e. The van der Waals surface area contributed by atoms with Gasteiger partial charge in [0, 0.05) is 12.2 Å². The van der Waals surface area contributed by atoms with Gasteiger partial charge in [-0.3, -0.25) is 9.36 Å². The van der Waals surface area contributed by atoms with Crippen LogP contribution in [0.25, 0.3) is 5.69 Å². The number of halogens is 1. The van der Waals surface area contributed by atoms with Crippen molar-refractivity contribution in [1.29, 1.82) is 0 Å². The van der Waals surface area contributed by atoms with Gasteiger partial charge in [0.05, 0.1) is 10.3 Å². The molecule has 8 heteroatoms. The molecular formula is C21H23ClN4O2S. The van der Waals surface area contributed by atoms with Crippen molar-refractivity contribution in [3.8, 4) is 11.4 Å². The highest BCUT2D eigenvalue weighted by molar-refractivity contribution is 8.00. The number of ether oxygens (including phenoxy) is 1. The number of thioether (sulfide) groups is 1. The van der Waals surface area contributed by atoms with Gasteiger partial charge in [-0.25, -0.2) is 0 Å². The average molecular weight is 431 g/mol. The molecule has 0 saturated heterocycles. The number of hydrogen-bond donors (Lipinski definition) is 1. The Kier molecular flexibility index (Phi) is 7.55. The summed E-state index contributed by atoms with van der Waals surface area (Å²) < 4.78 is 7.77. The second kappa shape index (κ2) is 10.3. The number of carbonyl (C=O) groups excluding carboxylic acids is 1. The lowest BCUT2D eigenvalue weighted by atomic mass is 10.3. The minimum absolute atomic E-state index is 0.0201. The molecule has 1 atom stereocenters. The lowest BCUT2D eigenvalue weighted by Gasteiger charge is -2.14. The fourth-order valence-electron chi connectivity index (χ4n) is 2.61. The van der Waals surface area contributed by atoms with Crippen LogP contribution in [0.1, 0.15) is 26.1 Å². The quantitative estimate of drug-likeness (QED) is 0.506. The number of benzene rings is 2. The minimum Gasteiger partial charge on any atom is -0.484 e. The van der Waals surface area contributed by atoms with Gasteiger partial charge in [0.1, 0.15) is 12.4 Å². The van der Waals surface area contributed by atoms with Crippen LogP contribution in [-0.2, 0) is 11.4 Å². The van der Waals surface area contributed by atoms with Crippen LogP contribution in [0, 0.1) is 0 Å². The van der Waals surface area contributed by atoms with E-state index in [-0.39, 0.29) is 17.8 Å². The summed E-state index contributed by atoms with van der Waals surface area (Å²) >= 11 is 7.55. The van der Waals surface area contributed by atoms with Crippen LogP contribution < -0.4 is 10.1 Å². The van der Waals surface area contributed by atoms with Crippen molar-refractivity contribution >= 4 is 29.3 Å². The van der Waals surface area contributed by atoms with Crippen LogP contribution in [0.3, 0.4) is 0 Å². The number of rotatable bonds is 9. The molecule has 0 saturated carbocycles. The fourth-order valence-corrected chi connectivity index (χ4v) is 3.72. The molecule has 1 amide bonds. The zero-order valence-corrected chi connectivity index (χ0v) is 17.9. The molecule has 3 aromatic rings. The van der Waals surface area contributed by atoms with E-state index in [1.807, 2.05) is 60.9 Å². The topological polar surface area (TPSA) is 69.0 Å². The summed E-state index contributed by atoms with van der Waals surface area (Å²) in [6, 6.07) is 17.1. The fraction of sp³-hybridized carbons (Fsp3) is 0.286. The minimum atomic E-state index is -0.300. The first-order valence-corrected chi connectivity index (χ1v) is 10.7. The van der Waals surface area contributed by atoms with Gasteiger partial charge in [-0.05, 0) is 37.6 Å². The van der Waals surface area contributed by atoms with Crippen LogP contribution in [0.15, 0.2) is 59.8 Å². The summed E-state index contributed by atoms with van der Waals surface area (Å²) in [5.41, 5.74) is 0.902. The van der Waals surface area contributed by atoms with Crippen LogP contribution >= 0.6 is 23.4 Å². The van der Waals surface area contributed by atoms with E-state index in [1.165, 1.54) is 11.8 Å². The first-order valence-electron chi connectivity index (χ1n) is 9.41. The van der Waals surface area contributed by atoms with Crippen molar-refractivity contribution in [1.82, 2.24) is 20.1 Å². The SMILES string of the molecule is CCCNC(=O)C(C)Sc1nnc(COc2ccccc2Cl)n1-c1ccccc1. The van der Waals surface area contributed by atoms with Crippen LogP contribution in [-0.4, -0.2) is 32.5 Å². The maximum atomic E-state index is 12.3. The Balaban J connectivity index is 1.84. The van der Waals surface area contributed by atoms with Crippen molar-refractivity contribution in [3.05, 3.63) is 65.4 Å². The highest BCUT2D eigenvalue weighted by Gasteiger charge is 2.21. The molecule has 0 fully saturated rings. The van der Waals surface area contributed by atoms with E-state index in [4.69, 9.17) is 16.3 Å². The molecule has 0 spiro atoms. The molecule has 1 aromatic heterocycles. The van der Waals surface area contributed by atoms with E-state index in [9.17, 15) is 4.79 Å². The summed E-state index contributed by atoms with van der Waals surface area (Å²) in [6.45, 7) is 4.74. The zero-order chi connectivity index (χ0) is 20.6. The molecule has 6 nitrogen and oxygen atoms in total. The Morgan fingerprint density at radius 3 is 2.62 bits per heavy atom. The maximum Gasteiger partial charge on any atom is 0.233 e. The van der Waals surface area contributed by atoms with E-state index >= 15 is 0 Å². The number of carbonyl (C=O) groups is 1. The average Bonchev–Trinajstić information content (AvgIpc) is 3.14. The second-order valence-corrected chi connectivity index (χ2v) is 8.06. The normalized spacial score (nSPS) is 11.8. The summed E-state index contributed by atoms with van der Waals surface area (Å²) in [5.74, 6) is 1.19. The summed E-state index contributed by atoms with van der Waals surface area (Å²) in [4.78, 5) is 12.3. The molecule has 1 unspecified atom stereocenters. The molecule has 3 rings (SSSR count). The third kappa shape index (κ3) is 5.52. The van der Waals surface area contributed by atoms with Crippen molar-refractivity contribution in [2.24, 2.45) is 0 Å². The van der Waals surface area contributed by atoms with E-state index in [0.717, 1.165) is 12.1 Å². The predicted octanol–water partition coefficient (Wildman–Crippen LogP) is 4.51. The number of aromatic nitrogens is 3. The van der Waals surface area contributed by atoms with Crippen molar-refractivity contribution in [2.45, 2.75) is 37.3 Å². The lowest BCUT2D eigenvalue weighted by molar-refractivity contribution is -0.120. The third-order valence-corrected chi connectivity index (χ3v) is 5.46. The lowest BCUT2D eigenvalue weighted by Crippen LogP contribution is -2.31. The van der Waals surface area contributed by atoms with Gasteiger partial charge in [-0.2, -0.15) is 0 Å². The van der Waals surface area contributed by atoms with Gasteiger partial charge >= 0.3 is 0 Å². The molecule has 2 aromatic carbocycles. The predicted molar refractivity (Wildman–Crippen MR) is 116 cm³/mol. The van der Waals surface area contributed by atoms with Gasteiger partial charge in [-0.15, -0.1) is 10.2 Å². The summed E-state index contributed by atoms with van der Waals surface area (Å²) in [7, 11) is 0. The molecule has 29 heavy (non-hydrogen) atoms. The number of para-hydroxylation sites is 2. The second-order valence-electron chi connectivity index (χ2n) is 6.34. The summed E-state index contributed by atoms with van der Waals surface area (Å²) in [5, 5.41) is 12.4. The monoisotopic (exact) mass is 430 g/mol.